The second kappa shape index (κ2) is 3.86. The van der Waals surface area contributed by atoms with Crippen molar-refractivity contribution in [2.24, 2.45) is 5.92 Å². The number of hydrogen-bond acceptors (Lipinski definition) is 2. The molecule has 15 heavy (non-hydrogen) atoms. The molecule has 0 spiro atoms. The van der Waals surface area contributed by atoms with Crippen molar-refractivity contribution < 1.29 is 4.74 Å². The summed E-state index contributed by atoms with van der Waals surface area (Å²) in [6.07, 6.45) is 1.26. The van der Waals surface area contributed by atoms with Crippen LogP contribution < -0.4 is 10.1 Å². The molecule has 2 atom stereocenters. The highest BCUT2D eigenvalue weighted by molar-refractivity contribution is 5.43. The Kier molecular flexibility index (Phi) is 2.70. The van der Waals surface area contributed by atoms with Crippen LogP contribution in [0.4, 0.5) is 0 Å². The largest absolute Gasteiger partial charge is 0.496 e. The fourth-order valence-corrected chi connectivity index (χ4v) is 2.44. The molecular formula is C13H19NO. The molecule has 2 unspecified atom stereocenters. The van der Waals surface area contributed by atoms with Crippen molar-refractivity contribution in [2.75, 3.05) is 20.7 Å². The normalized spacial score (nSPS) is 28.9. The standard InChI is InChI=1S/C13H19NO/c1-13(8-10(13)9-14-2)11-6-4-5-7-12(11)15-3/h4-7,10,14H,8-9H2,1-3H3. The zero-order valence-electron chi connectivity index (χ0n) is 9.71. The Morgan fingerprint density at radius 2 is 2.20 bits per heavy atom. The third-order valence-corrected chi connectivity index (χ3v) is 3.58. The molecule has 0 aromatic heterocycles. The summed E-state index contributed by atoms with van der Waals surface area (Å²) in [5.74, 6) is 1.78. The first kappa shape index (κ1) is 10.5. The van der Waals surface area contributed by atoms with Gasteiger partial charge in [-0.05, 0) is 32.0 Å². The van der Waals surface area contributed by atoms with Gasteiger partial charge < -0.3 is 10.1 Å². The van der Waals surface area contributed by atoms with Crippen LogP contribution >= 0.6 is 0 Å². The average molecular weight is 205 g/mol. The predicted molar refractivity (Wildman–Crippen MR) is 62.4 cm³/mol. The van der Waals surface area contributed by atoms with Crippen molar-refractivity contribution in [2.45, 2.75) is 18.8 Å². The lowest BCUT2D eigenvalue weighted by atomic mass is 9.94. The second-order valence-corrected chi connectivity index (χ2v) is 4.58. The number of para-hydroxylation sites is 1. The van der Waals surface area contributed by atoms with Gasteiger partial charge in [-0.2, -0.15) is 0 Å². The van der Waals surface area contributed by atoms with Gasteiger partial charge in [0, 0.05) is 11.0 Å². The van der Waals surface area contributed by atoms with E-state index in [1.807, 2.05) is 13.1 Å². The van der Waals surface area contributed by atoms with Crippen LogP contribution in [0.2, 0.25) is 0 Å². The van der Waals surface area contributed by atoms with Gasteiger partial charge in [0.15, 0.2) is 0 Å². The molecule has 1 fully saturated rings. The molecule has 0 bridgehead atoms. The molecule has 1 aromatic rings. The third kappa shape index (κ3) is 1.74. The molecule has 1 saturated carbocycles. The summed E-state index contributed by atoms with van der Waals surface area (Å²) in [5, 5.41) is 3.25. The van der Waals surface area contributed by atoms with Crippen molar-refractivity contribution in [3.8, 4) is 5.75 Å². The quantitative estimate of drug-likeness (QED) is 0.813. The van der Waals surface area contributed by atoms with Gasteiger partial charge in [-0.3, -0.25) is 0 Å². The van der Waals surface area contributed by atoms with Crippen molar-refractivity contribution in [3.63, 3.8) is 0 Å². The minimum Gasteiger partial charge on any atom is -0.496 e. The van der Waals surface area contributed by atoms with Crippen molar-refractivity contribution in [3.05, 3.63) is 29.8 Å². The summed E-state index contributed by atoms with van der Waals surface area (Å²) in [6, 6.07) is 8.36. The van der Waals surface area contributed by atoms with E-state index in [-0.39, 0.29) is 0 Å². The number of rotatable bonds is 4. The first-order chi connectivity index (χ1) is 7.22. The Labute approximate surface area is 91.6 Å². The molecule has 2 heteroatoms. The van der Waals surface area contributed by atoms with Gasteiger partial charge in [-0.15, -0.1) is 0 Å². The Bertz CT molecular complexity index is 350. The van der Waals surface area contributed by atoms with E-state index in [2.05, 4.69) is 30.4 Å². The van der Waals surface area contributed by atoms with Crippen LogP contribution in [-0.2, 0) is 5.41 Å². The third-order valence-electron chi connectivity index (χ3n) is 3.58. The van der Waals surface area contributed by atoms with Crippen molar-refractivity contribution in [1.82, 2.24) is 5.32 Å². The van der Waals surface area contributed by atoms with Gasteiger partial charge in [-0.1, -0.05) is 25.1 Å². The molecule has 1 aliphatic carbocycles. The molecule has 1 N–H and O–H groups in total. The van der Waals surface area contributed by atoms with Crippen LogP contribution in [-0.4, -0.2) is 20.7 Å². The summed E-state index contributed by atoms with van der Waals surface area (Å²) in [6.45, 7) is 3.42. The van der Waals surface area contributed by atoms with Crippen LogP contribution in [0.25, 0.3) is 0 Å². The fraction of sp³-hybridized carbons (Fsp3) is 0.538. The number of hydrogen-bond donors (Lipinski definition) is 1. The first-order valence-electron chi connectivity index (χ1n) is 5.50. The number of ether oxygens (including phenoxy) is 1. The van der Waals surface area contributed by atoms with Crippen LogP contribution in [0, 0.1) is 5.92 Å². The highest BCUT2D eigenvalue weighted by Gasteiger charge is 2.51. The molecule has 1 aromatic carbocycles. The zero-order chi connectivity index (χ0) is 10.9. The molecule has 2 nitrogen and oxygen atoms in total. The molecule has 1 aliphatic rings. The number of benzene rings is 1. The van der Waals surface area contributed by atoms with Gasteiger partial charge >= 0.3 is 0 Å². The maximum Gasteiger partial charge on any atom is 0.122 e. The van der Waals surface area contributed by atoms with E-state index in [0.29, 0.717) is 5.41 Å². The summed E-state index contributed by atoms with van der Waals surface area (Å²) in [5.41, 5.74) is 1.67. The minimum absolute atomic E-state index is 0.315. The summed E-state index contributed by atoms with van der Waals surface area (Å²) in [7, 11) is 3.76. The maximum atomic E-state index is 5.42. The number of nitrogens with one attached hydrogen (secondary N) is 1. The molecule has 82 valence electrons. The summed E-state index contributed by atoms with van der Waals surface area (Å²) < 4.78 is 5.42. The van der Waals surface area contributed by atoms with Gasteiger partial charge in [0.2, 0.25) is 0 Å². The van der Waals surface area contributed by atoms with E-state index in [9.17, 15) is 0 Å². The highest BCUT2D eigenvalue weighted by Crippen LogP contribution is 2.55. The van der Waals surface area contributed by atoms with E-state index in [1.165, 1.54) is 12.0 Å². The molecule has 0 saturated heterocycles. The predicted octanol–water partition coefficient (Wildman–Crippen LogP) is 2.19. The fourth-order valence-electron chi connectivity index (χ4n) is 2.44. The Morgan fingerprint density at radius 3 is 2.87 bits per heavy atom. The van der Waals surface area contributed by atoms with E-state index in [0.717, 1.165) is 18.2 Å². The average Bonchev–Trinajstić information content (AvgIpc) is 2.91. The SMILES string of the molecule is CNCC1CC1(C)c1ccccc1OC. The lowest BCUT2D eigenvalue weighted by Crippen LogP contribution is -2.16. The molecular weight excluding hydrogens is 186 g/mol. The summed E-state index contributed by atoms with van der Waals surface area (Å²) in [4.78, 5) is 0. The molecule has 0 heterocycles. The second-order valence-electron chi connectivity index (χ2n) is 4.58. The Balaban J connectivity index is 2.23. The van der Waals surface area contributed by atoms with E-state index in [1.54, 1.807) is 7.11 Å². The smallest absolute Gasteiger partial charge is 0.122 e. The van der Waals surface area contributed by atoms with Gasteiger partial charge in [0.1, 0.15) is 5.75 Å². The molecule has 2 rings (SSSR count). The maximum absolute atomic E-state index is 5.42. The first-order valence-corrected chi connectivity index (χ1v) is 5.50. The highest BCUT2D eigenvalue weighted by atomic mass is 16.5. The van der Waals surface area contributed by atoms with E-state index in [4.69, 9.17) is 4.74 Å². The Hall–Kier alpha value is -1.02. The van der Waals surface area contributed by atoms with Crippen LogP contribution in [0.1, 0.15) is 18.9 Å². The van der Waals surface area contributed by atoms with Gasteiger partial charge in [-0.25, -0.2) is 0 Å². The molecule has 0 aliphatic heterocycles. The van der Waals surface area contributed by atoms with Crippen LogP contribution in [0.15, 0.2) is 24.3 Å². The summed E-state index contributed by atoms with van der Waals surface area (Å²) >= 11 is 0. The van der Waals surface area contributed by atoms with Crippen molar-refractivity contribution >= 4 is 0 Å². The van der Waals surface area contributed by atoms with Crippen LogP contribution in [0.3, 0.4) is 0 Å². The molecule has 0 radical (unpaired) electrons. The zero-order valence-corrected chi connectivity index (χ0v) is 9.71. The van der Waals surface area contributed by atoms with E-state index >= 15 is 0 Å². The van der Waals surface area contributed by atoms with Crippen LogP contribution in [0.5, 0.6) is 5.75 Å². The van der Waals surface area contributed by atoms with Crippen molar-refractivity contribution in [1.29, 1.82) is 0 Å². The minimum atomic E-state index is 0.315. The lowest BCUT2D eigenvalue weighted by molar-refractivity contribution is 0.403. The number of methoxy groups -OCH3 is 1. The van der Waals surface area contributed by atoms with Gasteiger partial charge in [0.25, 0.3) is 0 Å². The van der Waals surface area contributed by atoms with Gasteiger partial charge in [0.05, 0.1) is 7.11 Å². The topological polar surface area (TPSA) is 21.3 Å². The molecule has 0 amide bonds. The monoisotopic (exact) mass is 205 g/mol. The Morgan fingerprint density at radius 1 is 1.47 bits per heavy atom. The lowest BCUT2D eigenvalue weighted by Gasteiger charge is -2.15. The van der Waals surface area contributed by atoms with E-state index < -0.39 is 0 Å².